The summed E-state index contributed by atoms with van der Waals surface area (Å²) in [6, 6.07) is 11.0. The van der Waals surface area contributed by atoms with Crippen molar-refractivity contribution in [3.63, 3.8) is 0 Å². The molecule has 1 aliphatic rings. The van der Waals surface area contributed by atoms with Gasteiger partial charge in [-0.1, -0.05) is 24.3 Å². The van der Waals surface area contributed by atoms with Crippen molar-refractivity contribution < 1.29 is 27.6 Å². The first-order chi connectivity index (χ1) is 18.1. The minimum atomic E-state index is -4.50. The number of benzene rings is 2. The molecular formula is C25H19F3N6O4. The van der Waals surface area contributed by atoms with E-state index < -0.39 is 41.6 Å². The molecule has 194 valence electrons. The van der Waals surface area contributed by atoms with Crippen LogP contribution in [-0.4, -0.2) is 55.0 Å². The Bertz CT molecular complexity index is 1610. The summed E-state index contributed by atoms with van der Waals surface area (Å²) in [6.45, 7) is -0.329. The Hall–Kier alpha value is -4.81. The highest BCUT2D eigenvalue weighted by Gasteiger charge is 2.36. The zero-order valence-corrected chi connectivity index (χ0v) is 19.6. The molecule has 3 heterocycles. The molecule has 1 N–H and O–H groups in total. The number of carbonyl (C=O) groups excluding carboxylic acids is 3. The molecule has 1 aliphatic heterocycles. The SMILES string of the molecule is O=C(CN1C(=O)c2ccccc2C1=O)NCCn1ncc2c(=O)n(Cc3cccc(C(F)(F)F)c3)cnc21. The number of amides is 3. The van der Waals surface area contributed by atoms with Crippen LogP contribution in [0.15, 0.2) is 65.8 Å². The highest BCUT2D eigenvalue weighted by molar-refractivity contribution is 6.22. The maximum atomic E-state index is 13.0. The topological polar surface area (TPSA) is 119 Å². The summed E-state index contributed by atoms with van der Waals surface area (Å²) in [5.74, 6) is -1.62. The first-order valence-corrected chi connectivity index (χ1v) is 11.4. The maximum absolute atomic E-state index is 13.0. The molecule has 0 saturated carbocycles. The lowest BCUT2D eigenvalue weighted by Crippen LogP contribution is -2.41. The number of rotatable bonds is 7. The van der Waals surface area contributed by atoms with E-state index >= 15 is 0 Å². The molecule has 0 atom stereocenters. The first kappa shape index (κ1) is 24.9. The lowest BCUT2D eigenvalue weighted by atomic mass is 10.1. The molecule has 0 spiro atoms. The predicted molar refractivity (Wildman–Crippen MR) is 127 cm³/mol. The summed E-state index contributed by atoms with van der Waals surface area (Å²) >= 11 is 0. The third-order valence-corrected chi connectivity index (χ3v) is 6.06. The van der Waals surface area contributed by atoms with Gasteiger partial charge in [-0.3, -0.25) is 28.6 Å². The summed E-state index contributed by atoms with van der Waals surface area (Å²) in [4.78, 5) is 55.1. The fourth-order valence-corrected chi connectivity index (χ4v) is 4.20. The molecule has 0 saturated heterocycles. The van der Waals surface area contributed by atoms with Crippen LogP contribution in [0.1, 0.15) is 31.8 Å². The van der Waals surface area contributed by atoms with E-state index in [0.717, 1.165) is 17.0 Å². The molecule has 3 amide bonds. The lowest BCUT2D eigenvalue weighted by molar-refractivity contribution is -0.137. The van der Waals surface area contributed by atoms with Gasteiger partial charge in [-0.05, 0) is 29.8 Å². The van der Waals surface area contributed by atoms with Crippen molar-refractivity contribution in [2.24, 2.45) is 0 Å². The van der Waals surface area contributed by atoms with Crippen LogP contribution < -0.4 is 10.9 Å². The number of nitrogens with one attached hydrogen (secondary N) is 1. The van der Waals surface area contributed by atoms with Gasteiger partial charge in [-0.15, -0.1) is 0 Å². The number of imide groups is 1. The van der Waals surface area contributed by atoms with Crippen LogP contribution in [0.3, 0.4) is 0 Å². The Balaban J connectivity index is 1.22. The normalized spacial score (nSPS) is 13.3. The van der Waals surface area contributed by atoms with Gasteiger partial charge in [0, 0.05) is 6.54 Å². The van der Waals surface area contributed by atoms with Crippen LogP contribution in [-0.2, 0) is 24.1 Å². The van der Waals surface area contributed by atoms with E-state index in [-0.39, 0.29) is 47.4 Å². The van der Waals surface area contributed by atoms with E-state index in [1.807, 2.05) is 0 Å². The molecule has 0 fully saturated rings. The Morgan fingerprint density at radius 3 is 2.37 bits per heavy atom. The fraction of sp³-hybridized carbons (Fsp3) is 0.200. The third kappa shape index (κ3) is 4.65. The zero-order valence-electron chi connectivity index (χ0n) is 19.6. The van der Waals surface area contributed by atoms with E-state index in [0.29, 0.717) is 0 Å². The summed E-state index contributed by atoms with van der Waals surface area (Å²) < 4.78 is 41.6. The monoisotopic (exact) mass is 524 g/mol. The van der Waals surface area contributed by atoms with E-state index in [1.165, 1.54) is 46.0 Å². The van der Waals surface area contributed by atoms with E-state index in [1.54, 1.807) is 12.1 Å². The molecule has 5 rings (SSSR count). The molecule has 10 nitrogen and oxygen atoms in total. The molecule has 0 unspecified atom stereocenters. The molecular weight excluding hydrogens is 505 g/mol. The van der Waals surface area contributed by atoms with Crippen LogP contribution in [0.4, 0.5) is 13.2 Å². The highest BCUT2D eigenvalue weighted by Crippen LogP contribution is 2.29. The Kier molecular flexibility index (Phi) is 6.27. The lowest BCUT2D eigenvalue weighted by Gasteiger charge is -2.13. The number of fused-ring (bicyclic) bond motifs is 2. The average molecular weight is 524 g/mol. The van der Waals surface area contributed by atoms with Gasteiger partial charge in [0.25, 0.3) is 17.4 Å². The van der Waals surface area contributed by atoms with Crippen molar-refractivity contribution in [3.8, 4) is 0 Å². The number of aromatic nitrogens is 4. The van der Waals surface area contributed by atoms with Gasteiger partial charge >= 0.3 is 6.18 Å². The van der Waals surface area contributed by atoms with E-state index in [2.05, 4.69) is 15.4 Å². The number of carbonyl (C=O) groups is 3. The van der Waals surface area contributed by atoms with Crippen LogP contribution in [0.5, 0.6) is 0 Å². The molecule has 0 bridgehead atoms. The minimum absolute atomic E-state index is 0.0772. The Morgan fingerprint density at radius 1 is 0.974 bits per heavy atom. The number of hydrogen-bond acceptors (Lipinski definition) is 6. The standard InChI is InChI=1S/C25H19F3N6O4/c26-25(27,28)16-5-3-4-15(10-16)12-32-14-30-21-19(22(32)36)11-31-34(21)9-8-29-20(35)13-33-23(37)17-6-1-2-7-18(17)24(33)38/h1-7,10-11,14H,8-9,12-13H2,(H,29,35). The molecule has 2 aromatic heterocycles. The van der Waals surface area contributed by atoms with Crippen LogP contribution in [0.25, 0.3) is 11.0 Å². The van der Waals surface area contributed by atoms with Crippen molar-refractivity contribution in [3.05, 3.63) is 93.7 Å². The van der Waals surface area contributed by atoms with Gasteiger partial charge in [0.05, 0.1) is 36.0 Å². The second kappa shape index (κ2) is 9.57. The Labute approximate surface area is 212 Å². The summed E-state index contributed by atoms with van der Waals surface area (Å²) in [5.41, 5.74) is -0.263. The maximum Gasteiger partial charge on any atom is 0.416 e. The fourth-order valence-electron chi connectivity index (χ4n) is 4.20. The minimum Gasteiger partial charge on any atom is -0.353 e. The first-order valence-electron chi connectivity index (χ1n) is 11.4. The number of nitrogens with zero attached hydrogens (tertiary/aromatic N) is 5. The highest BCUT2D eigenvalue weighted by atomic mass is 19.4. The van der Waals surface area contributed by atoms with E-state index in [9.17, 15) is 32.3 Å². The second-order valence-electron chi connectivity index (χ2n) is 8.57. The van der Waals surface area contributed by atoms with E-state index in [4.69, 9.17) is 0 Å². The zero-order chi connectivity index (χ0) is 27.0. The summed E-state index contributed by atoms with van der Waals surface area (Å²) in [5, 5.41) is 6.90. The van der Waals surface area contributed by atoms with Crippen molar-refractivity contribution in [1.82, 2.24) is 29.5 Å². The molecule has 38 heavy (non-hydrogen) atoms. The van der Waals surface area contributed by atoms with Crippen LogP contribution in [0.2, 0.25) is 0 Å². The van der Waals surface area contributed by atoms with Gasteiger partial charge < -0.3 is 5.32 Å². The Morgan fingerprint density at radius 2 is 1.68 bits per heavy atom. The van der Waals surface area contributed by atoms with Gasteiger partial charge in [0.2, 0.25) is 5.91 Å². The van der Waals surface area contributed by atoms with Crippen LogP contribution >= 0.6 is 0 Å². The summed E-state index contributed by atoms with van der Waals surface area (Å²) in [7, 11) is 0. The second-order valence-corrected chi connectivity index (χ2v) is 8.57. The van der Waals surface area contributed by atoms with Gasteiger partial charge in [-0.2, -0.15) is 18.3 Å². The van der Waals surface area contributed by atoms with Gasteiger partial charge in [-0.25, -0.2) is 9.67 Å². The number of halogens is 3. The van der Waals surface area contributed by atoms with Crippen molar-refractivity contribution >= 4 is 28.8 Å². The average Bonchev–Trinajstić information content (AvgIpc) is 3.41. The predicted octanol–water partition coefficient (Wildman–Crippen LogP) is 2.07. The van der Waals surface area contributed by atoms with Crippen molar-refractivity contribution in [2.45, 2.75) is 19.3 Å². The molecule has 2 aromatic carbocycles. The van der Waals surface area contributed by atoms with Gasteiger partial charge in [0.1, 0.15) is 18.3 Å². The van der Waals surface area contributed by atoms with Crippen LogP contribution in [0, 0.1) is 0 Å². The number of alkyl halides is 3. The molecule has 4 aromatic rings. The van der Waals surface area contributed by atoms with Crippen molar-refractivity contribution in [2.75, 3.05) is 13.1 Å². The van der Waals surface area contributed by atoms with Crippen molar-refractivity contribution in [1.29, 1.82) is 0 Å². The largest absolute Gasteiger partial charge is 0.416 e. The molecule has 13 heteroatoms. The quantitative estimate of drug-likeness (QED) is 0.370. The third-order valence-electron chi connectivity index (χ3n) is 6.06. The summed E-state index contributed by atoms with van der Waals surface area (Å²) in [6.07, 6.45) is -1.97. The smallest absolute Gasteiger partial charge is 0.353 e. The van der Waals surface area contributed by atoms with Gasteiger partial charge in [0.15, 0.2) is 5.65 Å². The molecule has 0 aliphatic carbocycles. The molecule has 0 radical (unpaired) electrons. The number of hydrogen-bond donors (Lipinski definition) is 1.